The van der Waals surface area contributed by atoms with Crippen molar-refractivity contribution >= 4 is 27.6 Å². The van der Waals surface area contributed by atoms with Gasteiger partial charge in [0.15, 0.2) is 6.61 Å². The predicted molar refractivity (Wildman–Crippen MR) is 109 cm³/mol. The zero-order valence-electron chi connectivity index (χ0n) is 16.8. The van der Waals surface area contributed by atoms with Crippen LogP contribution in [-0.2, 0) is 19.6 Å². The third-order valence-electron chi connectivity index (χ3n) is 4.08. The Morgan fingerprint density at radius 1 is 1.06 bits per heavy atom. The molecule has 0 fully saturated rings. The molecule has 168 valence electrons. The Labute approximate surface area is 178 Å². The second-order valence-corrected chi connectivity index (χ2v) is 8.17. The van der Waals surface area contributed by atoms with Crippen molar-refractivity contribution in [1.82, 2.24) is 4.72 Å². The van der Waals surface area contributed by atoms with Gasteiger partial charge in [0.25, 0.3) is 5.91 Å². The van der Waals surface area contributed by atoms with E-state index in [1.54, 1.807) is 6.92 Å². The quantitative estimate of drug-likeness (QED) is 0.532. The van der Waals surface area contributed by atoms with Crippen molar-refractivity contribution in [3.63, 3.8) is 0 Å². The van der Waals surface area contributed by atoms with E-state index in [0.717, 1.165) is 0 Å². The molecule has 8 nitrogen and oxygen atoms in total. The molecule has 2 rings (SSSR count). The molecule has 0 spiro atoms. The first kappa shape index (κ1) is 24.2. The number of rotatable bonds is 10. The summed E-state index contributed by atoms with van der Waals surface area (Å²) in [6.45, 7) is -0.181. The molecule has 0 saturated carbocycles. The summed E-state index contributed by atoms with van der Waals surface area (Å²) in [6.07, 6.45) is 0.616. The Bertz CT molecular complexity index is 1010. The maximum Gasteiger partial charge on any atom is 0.387 e. The molecule has 1 amide bonds. The van der Waals surface area contributed by atoms with Crippen LogP contribution in [0.5, 0.6) is 5.75 Å². The van der Waals surface area contributed by atoms with Crippen molar-refractivity contribution in [2.75, 3.05) is 11.9 Å². The molecule has 1 unspecified atom stereocenters. The lowest BCUT2D eigenvalue weighted by molar-refractivity contribution is -0.119. The summed E-state index contributed by atoms with van der Waals surface area (Å²) in [4.78, 5) is 24.1. The first-order valence-electron chi connectivity index (χ1n) is 9.25. The largest absolute Gasteiger partial charge is 0.452 e. The number of carbonyl (C=O) groups excluding carboxylic acids is 2. The second kappa shape index (κ2) is 10.8. The summed E-state index contributed by atoms with van der Waals surface area (Å²) in [6, 6.07) is 10.3. The van der Waals surface area contributed by atoms with Crippen LogP contribution in [0.25, 0.3) is 0 Å². The number of sulfonamides is 1. The van der Waals surface area contributed by atoms with Crippen LogP contribution in [0.1, 0.15) is 30.6 Å². The van der Waals surface area contributed by atoms with Gasteiger partial charge in [0.05, 0.1) is 16.1 Å². The summed E-state index contributed by atoms with van der Waals surface area (Å²) in [7, 11) is -3.72. The molecular formula is C20H22F2N2O6S. The molecule has 31 heavy (non-hydrogen) atoms. The van der Waals surface area contributed by atoms with Gasteiger partial charge in [0.2, 0.25) is 10.0 Å². The van der Waals surface area contributed by atoms with Crippen molar-refractivity contribution < 1.29 is 36.3 Å². The number of hydrogen-bond acceptors (Lipinski definition) is 6. The third-order valence-corrected chi connectivity index (χ3v) is 5.69. The van der Waals surface area contributed by atoms with E-state index < -0.39 is 35.1 Å². The van der Waals surface area contributed by atoms with Gasteiger partial charge >= 0.3 is 12.6 Å². The first-order valence-corrected chi connectivity index (χ1v) is 10.7. The monoisotopic (exact) mass is 456 g/mol. The van der Waals surface area contributed by atoms with E-state index in [1.165, 1.54) is 48.5 Å². The molecule has 0 aliphatic carbocycles. The van der Waals surface area contributed by atoms with Crippen LogP contribution in [0.3, 0.4) is 0 Å². The molecule has 0 radical (unpaired) electrons. The number of nitrogens with one attached hydrogen (secondary N) is 2. The normalized spacial score (nSPS) is 12.3. The zero-order chi connectivity index (χ0) is 23.0. The lowest BCUT2D eigenvalue weighted by Crippen LogP contribution is -2.32. The van der Waals surface area contributed by atoms with Gasteiger partial charge in [-0.15, -0.1) is 0 Å². The van der Waals surface area contributed by atoms with Crippen LogP contribution < -0.4 is 14.8 Å². The Morgan fingerprint density at radius 3 is 2.32 bits per heavy atom. The number of para-hydroxylation sites is 2. The zero-order valence-corrected chi connectivity index (χ0v) is 17.6. The highest BCUT2D eigenvalue weighted by Crippen LogP contribution is 2.25. The highest BCUT2D eigenvalue weighted by Gasteiger charge is 2.18. The summed E-state index contributed by atoms with van der Waals surface area (Å²) >= 11 is 0. The van der Waals surface area contributed by atoms with Crippen molar-refractivity contribution in [1.29, 1.82) is 0 Å². The van der Waals surface area contributed by atoms with Gasteiger partial charge in [0.1, 0.15) is 5.75 Å². The lowest BCUT2D eigenvalue weighted by Gasteiger charge is -2.13. The third kappa shape index (κ3) is 7.30. The summed E-state index contributed by atoms with van der Waals surface area (Å²) in [5, 5.41) is 2.31. The van der Waals surface area contributed by atoms with Gasteiger partial charge in [0, 0.05) is 6.04 Å². The molecule has 0 heterocycles. The number of halogens is 2. The van der Waals surface area contributed by atoms with Crippen LogP contribution in [0, 0.1) is 0 Å². The van der Waals surface area contributed by atoms with Crippen LogP contribution in [0.4, 0.5) is 14.5 Å². The molecule has 0 aliphatic heterocycles. The van der Waals surface area contributed by atoms with E-state index in [2.05, 4.69) is 14.8 Å². The maximum atomic E-state index is 12.4. The van der Waals surface area contributed by atoms with Gasteiger partial charge in [-0.2, -0.15) is 8.78 Å². The lowest BCUT2D eigenvalue weighted by atomic mass is 10.2. The Hall–Kier alpha value is -3.05. The summed E-state index contributed by atoms with van der Waals surface area (Å²) in [5.41, 5.74) is 0.0314. The van der Waals surface area contributed by atoms with E-state index >= 15 is 0 Å². The minimum atomic E-state index is -3.72. The smallest absolute Gasteiger partial charge is 0.387 e. The molecular weight excluding hydrogens is 434 g/mol. The number of ether oxygens (including phenoxy) is 2. The van der Waals surface area contributed by atoms with E-state index in [4.69, 9.17) is 4.74 Å². The molecule has 0 bridgehead atoms. The number of benzene rings is 2. The fourth-order valence-electron chi connectivity index (χ4n) is 2.36. The fourth-order valence-corrected chi connectivity index (χ4v) is 3.68. The average molecular weight is 456 g/mol. The van der Waals surface area contributed by atoms with E-state index in [1.807, 2.05) is 6.92 Å². The number of amides is 1. The van der Waals surface area contributed by atoms with Crippen LogP contribution in [-0.4, -0.2) is 39.6 Å². The summed E-state index contributed by atoms with van der Waals surface area (Å²) < 4.78 is 61.0. The van der Waals surface area contributed by atoms with Gasteiger partial charge in [-0.25, -0.2) is 17.9 Å². The Morgan fingerprint density at radius 2 is 1.71 bits per heavy atom. The van der Waals surface area contributed by atoms with Crippen molar-refractivity contribution in [2.45, 2.75) is 37.8 Å². The standard InChI is InChI=1S/C20H22F2N2O6S/c1-3-13(2)24-31(27,28)15-10-8-14(9-11-15)19(26)29-12-18(25)23-16-6-4-5-7-17(16)30-20(21)22/h4-11,13,20,24H,3,12H2,1-2H3,(H,23,25). The average Bonchev–Trinajstić information content (AvgIpc) is 2.72. The molecule has 11 heteroatoms. The summed E-state index contributed by atoms with van der Waals surface area (Å²) in [5.74, 6) is -1.86. The molecule has 1 atom stereocenters. The van der Waals surface area contributed by atoms with E-state index in [9.17, 15) is 26.8 Å². The highest BCUT2D eigenvalue weighted by atomic mass is 32.2. The van der Waals surface area contributed by atoms with Gasteiger partial charge in [-0.1, -0.05) is 19.1 Å². The number of carbonyl (C=O) groups is 2. The van der Waals surface area contributed by atoms with E-state index in [0.29, 0.717) is 6.42 Å². The van der Waals surface area contributed by atoms with Crippen LogP contribution in [0.15, 0.2) is 53.4 Å². The first-order chi connectivity index (χ1) is 14.6. The van der Waals surface area contributed by atoms with Crippen molar-refractivity contribution in [2.24, 2.45) is 0 Å². The topological polar surface area (TPSA) is 111 Å². The minimum Gasteiger partial charge on any atom is -0.452 e. The van der Waals surface area contributed by atoms with Gasteiger partial charge < -0.3 is 14.8 Å². The molecule has 0 saturated heterocycles. The Kier molecular flexibility index (Phi) is 8.46. The molecule has 0 aliphatic rings. The van der Waals surface area contributed by atoms with Crippen LogP contribution >= 0.6 is 0 Å². The van der Waals surface area contributed by atoms with E-state index in [-0.39, 0.29) is 27.9 Å². The SMILES string of the molecule is CCC(C)NS(=O)(=O)c1ccc(C(=O)OCC(=O)Nc2ccccc2OC(F)F)cc1. The van der Waals surface area contributed by atoms with Crippen molar-refractivity contribution in [3.05, 3.63) is 54.1 Å². The van der Waals surface area contributed by atoms with Crippen molar-refractivity contribution in [3.8, 4) is 5.75 Å². The van der Waals surface area contributed by atoms with Gasteiger partial charge in [-0.3, -0.25) is 4.79 Å². The highest BCUT2D eigenvalue weighted by molar-refractivity contribution is 7.89. The fraction of sp³-hybridized carbons (Fsp3) is 0.300. The maximum absolute atomic E-state index is 12.4. The minimum absolute atomic E-state index is 0.00721. The molecule has 2 aromatic carbocycles. The van der Waals surface area contributed by atoms with Gasteiger partial charge in [-0.05, 0) is 49.7 Å². The molecule has 2 N–H and O–H groups in total. The van der Waals surface area contributed by atoms with Crippen LogP contribution in [0.2, 0.25) is 0 Å². The Balaban J connectivity index is 1.95. The second-order valence-electron chi connectivity index (χ2n) is 6.45. The number of hydrogen-bond donors (Lipinski definition) is 2. The number of esters is 1. The number of alkyl halides is 2. The molecule has 2 aromatic rings. The molecule has 0 aromatic heterocycles. The number of anilines is 1. The predicted octanol–water partition coefficient (Wildman–Crippen LogP) is 3.16.